The molecule has 1 atom stereocenters. The summed E-state index contributed by atoms with van der Waals surface area (Å²) in [6.45, 7) is 2.01. The zero-order valence-electron chi connectivity index (χ0n) is 14.3. The van der Waals surface area contributed by atoms with E-state index in [1.807, 2.05) is 25.1 Å². The highest BCUT2D eigenvalue weighted by Crippen LogP contribution is 2.25. The third kappa shape index (κ3) is 3.88. The number of urea groups is 1. The molecule has 2 aromatic carbocycles. The lowest BCUT2D eigenvalue weighted by Crippen LogP contribution is -2.31. The van der Waals surface area contributed by atoms with Crippen molar-refractivity contribution >= 4 is 11.7 Å². The fourth-order valence-electron chi connectivity index (χ4n) is 3.17. The van der Waals surface area contributed by atoms with Crippen molar-refractivity contribution in [3.05, 3.63) is 59.2 Å². The minimum Gasteiger partial charge on any atom is -0.497 e. The third-order valence-corrected chi connectivity index (χ3v) is 4.55. The highest BCUT2D eigenvalue weighted by atomic mass is 16.5. The summed E-state index contributed by atoms with van der Waals surface area (Å²) < 4.78 is 5.17. The van der Waals surface area contributed by atoms with Crippen LogP contribution < -0.4 is 15.4 Å². The second-order valence-corrected chi connectivity index (χ2v) is 6.29. The molecule has 0 aromatic heterocycles. The fourth-order valence-corrected chi connectivity index (χ4v) is 3.17. The van der Waals surface area contributed by atoms with Gasteiger partial charge in [0.25, 0.3) is 0 Å². The van der Waals surface area contributed by atoms with Crippen molar-refractivity contribution in [3.8, 4) is 5.75 Å². The molecule has 0 radical (unpaired) electrons. The number of carbonyl (C=O) groups is 1. The first-order valence-corrected chi connectivity index (χ1v) is 8.49. The Balaban J connectivity index is 1.63. The van der Waals surface area contributed by atoms with E-state index in [0.29, 0.717) is 5.69 Å². The van der Waals surface area contributed by atoms with Crippen LogP contribution in [-0.4, -0.2) is 13.1 Å². The molecule has 4 heteroatoms. The van der Waals surface area contributed by atoms with Crippen molar-refractivity contribution in [2.75, 3.05) is 12.4 Å². The van der Waals surface area contributed by atoms with E-state index in [0.717, 1.165) is 17.7 Å². The lowest BCUT2D eigenvalue weighted by atomic mass is 9.89. The van der Waals surface area contributed by atoms with Gasteiger partial charge in [-0.1, -0.05) is 24.3 Å². The number of methoxy groups -OCH3 is 1. The zero-order valence-corrected chi connectivity index (χ0v) is 14.3. The molecular weight excluding hydrogens is 300 g/mol. The predicted molar refractivity (Wildman–Crippen MR) is 96.6 cm³/mol. The first kappa shape index (κ1) is 16.4. The van der Waals surface area contributed by atoms with Crippen LogP contribution in [0.3, 0.4) is 0 Å². The lowest BCUT2D eigenvalue weighted by molar-refractivity contribution is 0.249. The van der Waals surface area contributed by atoms with Gasteiger partial charge in [0.1, 0.15) is 5.75 Å². The van der Waals surface area contributed by atoms with Gasteiger partial charge in [0.15, 0.2) is 0 Å². The van der Waals surface area contributed by atoms with E-state index in [1.54, 1.807) is 13.2 Å². The molecule has 2 N–H and O–H groups in total. The van der Waals surface area contributed by atoms with Crippen molar-refractivity contribution in [1.29, 1.82) is 0 Å². The minimum atomic E-state index is -0.214. The number of fused-ring (bicyclic) bond motifs is 1. The molecule has 0 saturated carbocycles. The van der Waals surface area contributed by atoms with E-state index < -0.39 is 0 Å². The Kier molecular flexibility index (Phi) is 5.04. The van der Waals surface area contributed by atoms with E-state index in [2.05, 4.69) is 28.8 Å². The van der Waals surface area contributed by atoms with Gasteiger partial charge in [-0.3, -0.25) is 0 Å². The Labute approximate surface area is 143 Å². The normalized spacial score (nSPS) is 14.4. The number of rotatable bonds is 4. The summed E-state index contributed by atoms with van der Waals surface area (Å²) in [6, 6.07) is 13.7. The Morgan fingerprint density at radius 1 is 1.08 bits per heavy atom. The van der Waals surface area contributed by atoms with Crippen LogP contribution in [0.25, 0.3) is 0 Å². The Morgan fingerprint density at radius 2 is 1.88 bits per heavy atom. The summed E-state index contributed by atoms with van der Waals surface area (Å²) in [4.78, 5) is 12.2. The average Bonchev–Trinajstić information content (AvgIpc) is 2.61. The van der Waals surface area contributed by atoms with Crippen LogP contribution in [0.15, 0.2) is 42.5 Å². The molecular formula is C20H24N2O2. The molecule has 0 saturated heterocycles. The molecule has 1 aliphatic rings. The summed E-state index contributed by atoms with van der Waals surface area (Å²) >= 11 is 0. The highest BCUT2D eigenvalue weighted by molar-refractivity contribution is 5.89. The Bertz CT molecular complexity index is 727. The largest absolute Gasteiger partial charge is 0.497 e. The molecule has 126 valence electrons. The molecule has 24 heavy (non-hydrogen) atoms. The maximum atomic E-state index is 12.2. The quantitative estimate of drug-likeness (QED) is 0.872. The maximum Gasteiger partial charge on any atom is 0.319 e. The summed E-state index contributed by atoms with van der Waals surface area (Å²) in [5.41, 5.74) is 4.75. The molecule has 0 bridgehead atoms. The topological polar surface area (TPSA) is 50.4 Å². The number of aryl methyl sites for hydroxylation is 2. The van der Waals surface area contributed by atoms with E-state index in [1.165, 1.54) is 30.4 Å². The van der Waals surface area contributed by atoms with Crippen molar-refractivity contribution in [2.45, 2.75) is 38.6 Å². The van der Waals surface area contributed by atoms with Gasteiger partial charge in [0.05, 0.1) is 13.2 Å². The van der Waals surface area contributed by atoms with Gasteiger partial charge in [-0.15, -0.1) is 0 Å². The van der Waals surface area contributed by atoms with E-state index >= 15 is 0 Å². The van der Waals surface area contributed by atoms with Crippen molar-refractivity contribution < 1.29 is 9.53 Å². The highest BCUT2D eigenvalue weighted by Gasteiger charge is 2.14. The minimum absolute atomic E-state index is 0.0390. The number of hydrogen-bond acceptors (Lipinski definition) is 2. The Hall–Kier alpha value is -2.49. The number of carbonyl (C=O) groups excluding carboxylic acids is 1. The van der Waals surface area contributed by atoms with E-state index in [9.17, 15) is 4.79 Å². The van der Waals surface area contributed by atoms with Crippen LogP contribution in [-0.2, 0) is 12.8 Å². The summed E-state index contributed by atoms with van der Waals surface area (Å²) in [5, 5.41) is 5.85. The first-order chi connectivity index (χ1) is 11.7. The van der Waals surface area contributed by atoms with E-state index in [4.69, 9.17) is 4.74 Å². The first-order valence-electron chi connectivity index (χ1n) is 8.49. The smallest absolute Gasteiger partial charge is 0.319 e. The number of anilines is 1. The number of hydrogen-bond donors (Lipinski definition) is 2. The van der Waals surface area contributed by atoms with Crippen molar-refractivity contribution in [3.63, 3.8) is 0 Å². The molecule has 0 aliphatic heterocycles. The van der Waals surface area contributed by atoms with Crippen LogP contribution >= 0.6 is 0 Å². The van der Waals surface area contributed by atoms with Crippen LogP contribution in [0.4, 0.5) is 10.5 Å². The summed E-state index contributed by atoms with van der Waals surface area (Å²) in [5.74, 6) is 0.718. The molecule has 1 aliphatic carbocycles. The summed E-state index contributed by atoms with van der Waals surface area (Å²) in [6.07, 6.45) is 4.86. The van der Waals surface area contributed by atoms with Gasteiger partial charge in [0.2, 0.25) is 0 Å². The van der Waals surface area contributed by atoms with E-state index in [-0.39, 0.29) is 12.1 Å². The molecule has 0 fully saturated rings. The molecule has 0 spiro atoms. The van der Waals surface area contributed by atoms with Gasteiger partial charge in [0, 0.05) is 11.8 Å². The van der Waals surface area contributed by atoms with Crippen LogP contribution in [0.2, 0.25) is 0 Å². The SMILES string of the molecule is COc1cccc(NC(=O)N[C@H](C)c2ccc3c(c2)CCCC3)c1. The second-order valence-electron chi connectivity index (χ2n) is 6.29. The molecule has 4 nitrogen and oxygen atoms in total. The standard InChI is InChI=1S/C20H24N2O2/c1-14(16-11-10-15-6-3-4-7-17(15)12-16)21-20(23)22-18-8-5-9-19(13-18)24-2/h5,8-14H,3-4,6-7H2,1-2H3,(H2,21,22,23)/t14-/m1/s1. The molecule has 0 unspecified atom stereocenters. The maximum absolute atomic E-state index is 12.2. The van der Waals surface area contributed by atoms with Crippen LogP contribution in [0.5, 0.6) is 5.75 Å². The second kappa shape index (κ2) is 7.39. The average molecular weight is 324 g/mol. The van der Waals surface area contributed by atoms with Gasteiger partial charge < -0.3 is 15.4 Å². The zero-order chi connectivity index (χ0) is 16.9. The van der Waals surface area contributed by atoms with Crippen molar-refractivity contribution in [2.24, 2.45) is 0 Å². The van der Waals surface area contributed by atoms with Crippen LogP contribution in [0.1, 0.15) is 42.5 Å². The number of amides is 2. The number of benzene rings is 2. The number of nitrogens with one attached hydrogen (secondary N) is 2. The lowest BCUT2D eigenvalue weighted by Gasteiger charge is -2.20. The monoisotopic (exact) mass is 324 g/mol. The fraction of sp³-hybridized carbons (Fsp3) is 0.350. The Morgan fingerprint density at radius 3 is 2.67 bits per heavy atom. The number of ether oxygens (including phenoxy) is 1. The molecule has 2 amide bonds. The van der Waals surface area contributed by atoms with Gasteiger partial charge in [-0.2, -0.15) is 0 Å². The molecule has 2 aromatic rings. The summed E-state index contributed by atoms with van der Waals surface area (Å²) in [7, 11) is 1.61. The predicted octanol–water partition coefficient (Wildman–Crippen LogP) is 4.46. The van der Waals surface area contributed by atoms with Gasteiger partial charge in [-0.05, 0) is 61.4 Å². The van der Waals surface area contributed by atoms with Gasteiger partial charge in [-0.25, -0.2) is 4.79 Å². The third-order valence-electron chi connectivity index (χ3n) is 4.55. The molecule has 0 heterocycles. The molecule has 3 rings (SSSR count). The van der Waals surface area contributed by atoms with Crippen molar-refractivity contribution in [1.82, 2.24) is 5.32 Å². The van der Waals surface area contributed by atoms with Crippen LogP contribution in [0, 0.1) is 0 Å². The van der Waals surface area contributed by atoms with Gasteiger partial charge >= 0.3 is 6.03 Å².